The van der Waals surface area contributed by atoms with Crippen LogP contribution in [0.15, 0.2) is 0 Å². The predicted octanol–water partition coefficient (Wildman–Crippen LogP) is 3.37. The minimum Gasteiger partial charge on any atom is -0.396 e. The fourth-order valence-corrected chi connectivity index (χ4v) is 1.83. The van der Waals surface area contributed by atoms with Crippen molar-refractivity contribution in [3.63, 3.8) is 0 Å². The zero-order valence-electron chi connectivity index (χ0n) is 8.90. The summed E-state index contributed by atoms with van der Waals surface area (Å²) < 4.78 is 0. The van der Waals surface area contributed by atoms with Crippen molar-refractivity contribution in [1.29, 1.82) is 0 Å². The number of unbranched alkanes of at least 4 members (excludes halogenated alkanes) is 1. The molecule has 0 heterocycles. The average Bonchev–Trinajstić information content (AvgIpc) is 2.13. The summed E-state index contributed by atoms with van der Waals surface area (Å²) in [4.78, 5) is 0. The molecule has 1 atom stereocenters. The average molecular weight is 172 g/mol. The van der Waals surface area contributed by atoms with Gasteiger partial charge in [0.15, 0.2) is 0 Å². The van der Waals surface area contributed by atoms with E-state index in [1.54, 1.807) is 0 Å². The van der Waals surface area contributed by atoms with E-state index in [1.165, 1.54) is 32.1 Å². The SMILES string of the molecule is CCCC[C@@](CC)(CO)CCC. The third-order valence-electron chi connectivity index (χ3n) is 2.93. The third kappa shape index (κ3) is 3.57. The van der Waals surface area contributed by atoms with Crippen LogP contribution in [0.5, 0.6) is 0 Å². The lowest BCUT2D eigenvalue weighted by atomic mass is 9.77. The molecule has 0 amide bonds. The van der Waals surface area contributed by atoms with Crippen LogP contribution in [0.4, 0.5) is 0 Å². The van der Waals surface area contributed by atoms with Crippen molar-refractivity contribution < 1.29 is 5.11 Å². The maximum atomic E-state index is 9.33. The van der Waals surface area contributed by atoms with Gasteiger partial charge < -0.3 is 5.11 Å². The molecule has 0 saturated carbocycles. The van der Waals surface area contributed by atoms with Gasteiger partial charge in [-0.3, -0.25) is 0 Å². The molecule has 0 aromatic heterocycles. The molecule has 0 aliphatic heterocycles. The predicted molar refractivity (Wildman–Crippen MR) is 54.2 cm³/mol. The lowest BCUT2D eigenvalue weighted by Crippen LogP contribution is -2.24. The molecular formula is C11H24O. The van der Waals surface area contributed by atoms with Crippen LogP contribution in [0.3, 0.4) is 0 Å². The van der Waals surface area contributed by atoms with Crippen LogP contribution in [0, 0.1) is 5.41 Å². The molecule has 0 aromatic rings. The smallest absolute Gasteiger partial charge is 0.0487 e. The minimum atomic E-state index is 0.241. The molecule has 1 N–H and O–H groups in total. The summed E-state index contributed by atoms with van der Waals surface area (Å²) in [5.74, 6) is 0. The molecule has 0 saturated heterocycles. The first-order valence-corrected chi connectivity index (χ1v) is 5.35. The summed E-state index contributed by atoms with van der Waals surface area (Å²) in [7, 11) is 0. The summed E-state index contributed by atoms with van der Waals surface area (Å²) in [5, 5.41) is 9.33. The number of aliphatic hydroxyl groups excluding tert-OH is 1. The highest BCUT2D eigenvalue weighted by Crippen LogP contribution is 2.33. The van der Waals surface area contributed by atoms with Crippen molar-refractivity contribution in [2.75, 3.05) is 6.61 Å². The maximum Gasteiger partial charge on any atom is 0.0487 e. The fraction of sp³-hybridized carbons (Fsp3) is 1.00. The maximum absolute atomic E-state index is 9.33. The van der Waals surface area contributed by atoms with Gasteiger partial charge in [0, 0.05) is 6.61 Å². The third-order valence-corrected chi connectivity index (χ3v) is 2.93. The van der Waals surface area contributed by atoms with E-state index in [4.69, 9.17) is 0 Å². The van der Waals surface area contributed by atoms with Gasteiger partial charge in [-0.25, -0.2) is 0 Å². The summed E-state index contributed by atoms with van der Waals surface area (Å²) in [6, 6.07) is 0. The van der Waals surface area contributed by atoms with Gasteiger partial charge in [0.2, 0.25) is 0 Å². The van der Waals surface area contributed by atoms with E-state index >= 15 is 0 Å². The summed E-state index contributed by atoms with van der Waals surface area (Å²) in [6.45, 7) is 6.98. The van der Waals surface area contributed by atoms with Crippen LogP contribution in [-0.2, 0) is 0 Å². The van der Waals surface area contributed by atoms with E-state index in [9.17, 15) is 5.11 Å². The summed E-state index contributed by atoms with van der Waals surface area (Å²) >= 11 is 0. The molecule has 0 fully saturated rings. The molecule has 1 nitrogen and oxygen atoms in total. The van der Waals surface area contributed by atoms with Gasteiger partial charge in [-0.1, -0.05) is 40.0 Å². The molecule has 0 radical (unpaired) electrons. The van der Waals surface area contributed by atoms with Gasteiger partial charge in [-0.15, -0.1) is 0 Å². The standard InChI is InChI=1S/C11H24O/c1-4-7-9-11(6-3,10-12)8-5-2/h12H,4-10H2,1-3H3/t11-/m0/s1. The molecule has 1 heteroatoms. The second kappa shape index (κ2) is 6.47. The topological polar surface area (TPSA) is 20.2 Å². The second-order valence-corrected chi connectivity index (χ2v) is 3.87. The number of aliphatic hydroxyl groups is 1. The van der Waals surface area contributed by atoms with Crippen LogP contribution >= 0.6 is 0 Å². The van der Waals surface area contributed by atoms with E-state index in [2.05, 4.69) is 20.8 Å². The van der Waals surface area contributed by atoms with Gasteiger partial charge >= 0.3 is 0 Å². The van der Waals surface area contributed by atoms with E-state index in [0.717, 1.165) is 6.42 Å². The highest BCUT2D eigenvalue weighted by molar-refractivity contribution is 4.76. The van der Waals surface area contributed by atoms with Crippen LogP contribution in [0.25, 0.3) is 0 Å². The Bertz CT molecular complexity index is 95.2. The Morgan fingerprint density at radius 1 is 1.00 bits per heavy atom. The molecule has 0 aromatic carbocycles. The van der Waals surface area contributed by atoms with Gasteiger partial charge in [0.05, 0.1) is 0 Å². The van der Waals surface area contributed by atoms with Gasteiger partial charge in [-0.05, 0) is 24.7 Å². The van der Waals surface area contributed by atoms with Gasteiger partial charge in [0.25, 0.3) is 0 Å². The van der Waals surface area contributed by atoms with Crippen LogP contribution in [0.1, 0.15) is 59.3 Å². The second-order valence-electron chi connectivity index (χ2n) is 3.87. The zero-order chi connectivity index (χ0) is 9.45. The van der Waals surface area contributed by atoms with Gasteiger partial charge in [0.1, 0.15) is 0 Å². The van der Waals surface area contributed by atoms with Crippen LogP contribution in [-0.4, -0.2) is 11.7 Å². The molecule has 0 aliphatic rings. The normalized spacial score (nSPS) is 16.0. The van der Waals surface area contributed by atoms with E-state index in [1.807, 2.05) is 0 Å². The number of rotatable bonds is 7. The lowest BCUT2D eigenvalue weighted by Gasteiger charge is -2.30. The molecular weight excluding hydrogens is 148 g/mol. The largest absolute Gasteiger partial charge is 0.396 e. The van der Waals surface area contributed by atoms with Crippen molar-refractivity contribution in [3.8, 4) is 0 Å². The first-order chi connectivity index (χ1) is 5.74. The van der Waals surface area contributed by atoms with Crippen molar-refractivity contribution in [1.82, 2.24) is 0 Å². The highest BCUT2D eigenvalue weighted by Gasteiger charge is 2.24. The molecule has 0 bridgehead atoms. The van der Waals surface area contributed by atoms with Crippen molar-refractivity contribution in [2.24, 2.45) is 5.41 Å². The monoisotopic (exact) mass is 172 g/mol. The van der Waals surface area contributed by atoms with E-state index < -0.39 is 0 Å². The quantitative estimate of drug-likeness (QED) is 0.624. The van der Waals surface area contributed by atoms with Crippen molar-refractivity contribution in [2.45, 2.75) is 59.3 Å². The molecule has 0 spiro atoms. The van der Waals surface area contributed by atoms with Crippen molar-refractivity contribution >= 4 is 0 Å². The summed E-state index contributed by atoms with van der Waals surface area (Å²) in [6.07, 6.45) is 7.19. The van der Waals surface area contributed by atoms with Gasteiger partial charge in [-0.2, -0.15) is 0 Å². The van der Waals surface area contributed by atoms with Crippen LogP contribution < -0.4 is 0 Å². The molecule has 0 rings (SSSR count). The minimum absolute atomic E-state index is 0.241. The number of hydrogen-bond donors (Lipinski definition) is 1. The first kappa shape index (κ1) is 12.0. The van der Waals surface area contributed by atoms with Crippen LogP contribution in [0.2, 0.25) is 0 Å². The Morgan fingerprint density at radius 3 is 2.00 bits per heavy atom. The highest BCUT2D eigenvalue weighted by atomic mass is 16.3. The number of hydrogen-bond acceptors (Lipinski definition) is 1. The lowest BCUT2D eigenvalue weighted by molar-refractivity contribution is 0.0967. The molecule has 74 valence electrons. The Labute approximate surface area is 77.2 Å². The summed E-state index contributed by atoms with van der Waals surface area (Å²) in [5.41, 5.74) is 0.241. The molecule has 0 aliphatic carbocycles. The molecule has 0 unspecified atom stereocenters. The first-order valence-electron chi connectivity index (χ1n) is 5.35. The Morgan fingerprint density at radius 2 is 1.67 bits per heavy atom. The Kier molecular flexibility index (Phi) is 6.45. The zero-order valence-corrected chi connectivity index (χ0v) is 8.90. The van der Waals surface area contributed by atoms with Crippen molar-refractivity contribution in [3.05, 3.63) is 0 Å². The van der Waals surface area contributed by atoms with E-state index in [0.29, 0.717) is 6.61 Å². The molecule has 12 heavy (non-hydrogen) atoms. The Hall–Kier alpha value is -0.0400. The Balaban J connectivity index is 3.95. The fourth-order valence-electron chi connectivity index (χ4n) is 1.83. The van der Waals surface area contributed by atoms with E-state index in [-0.39, 0.29) is 5.41 Å².